The Bertz CT molecular complexity index is 1100. The van der Waals surface area contributed by atoms with Gasteiger partial charge in [-0.1, -0.05) is 24.3 Å². The number of aromatic nitrogens is 2. The highest BCUT2D eigenvalue weighted by atomic mass is 16.2. The highest BCUT2D eigenvalue weighted by Gasteiger charge is 2.07. The first-order valence-electron chi connectivity index (χ1n) is 8.78. The van der Waals surface area contributed by atoms with E-state index in [-0.39, 0.29) is 6.03 Å². The molecule has 0 fully saturated rings. The summed E-state index contributed by atoms with van der Waals surface area (Å²) < 4.78 is 1.97. The molecule has 4 aromatic rings. The zero-order valence-corrected chi connectivity index (χ0v) is 15.2. The predicted octanol–water partition coefficient (Wildman–Crippen LogP) is 5.26. The zero-order valence-electron chi connectivity index (χ0n) is 15.2. The first-order chi connectivity index (χ1) is 13.1. The topological polar surface area (TPSA) is 58.4 Å². The Kier molecular flexibility index (Phi) is 4.34. The average molecular weight is 356 g/mol. The highest BCUT2D eigenvalue weighted by molar-refractivity contribution is 6.00. The molecule has 0 aliphatic rings. The second kappa shape index (κ2) is 6.96. The second-order valence-electron chi connectivity index (χ2n) is 6.55. The van der Waals surface area contributed by atoms with Crippen molar-refractivity contribution in [2.24, 2.45) is 0 Å². The molecule has 0 unspecified atom stereocenters. The van der Waals surface area contributed by atoms with Gasteiger partial charge in [0.05, 0.1) is 5.69 Å². The Labute approximate surface area is 157 Å². The van der Waals surface area contributed by atoms with Gasteiger partial charge in [-0.25, -0.2) is 9.78 Å². The van der Waals surface area contributed by atoms with Crippen LogP contribution in [0.25, 0.3) is 16.9 Å². The van der Waals surface area contributed by atoms with Crippen LogP contribution in [0.4, 0.5) is 16.2 Å². The van der Waals surface area contributed by atoms with E-state index < -0.39 is 0 Å². The molecule has 4 rings (SSSR count). The molecule has 134 valence electrons. The van der Waals surface area contributed by atoms with Gasteiger partial charge in [0.15, 0.2) is 0 Å². The van der Waals surface area contributed by atoms with E-state index in [2.05, 4.69) is 15.6 Å². The number of hydrogen-bond acceptors (Lipinski definition) is 2. The molecule has 2 aromatic heterocycles. The number of pyridine rings is 1. The number of urea groups is 1. The van der Waals surface area contributed by atoms with Crippen LogP contribution in [-0.2, 0) is 0 Å². The van der Waals surface area contributed by atoms with Crippen LogP contribution in [0.5, 0.6) is 0 Å². The Hall–Kier alpha value is -3.60. The number of carbonyl (C=O) groups is 1. The number of fused-ring (bicyclic) bond motifs is 1. The molecule has 0 saturated heterocycles. The summed E-state index contributed by atoms with van der Waals surface area (Å²) in [6, 6.07) is 19.1. The fourth-order valence-electron chi connectivity index (χ4n) is 2.94. The minimum atomic E-state index is -0.273. The van der Waals surface area contributed by atoms with Gasteiger partial charge in [-0.2, -0.15) is 0 Å². The van der Waals surface area contributed by atoms with Crippen LogP contribution < -0.4 is 10.6 Å². The maximum absolute atomic E-state index is 12.3. The molecule has 0 radical (unpaired) electrons. The van der Waals surface area contributed by atoms with E-state index in [4.69, 9.17) is 0 Å². The van der Waals surface area contributed by atoms with Gasteiger partial charge in [0.25, 0.3) is 0 Å². The minimum absolute atomic E-state index is 0.273. The number of nitrogens with zero attached hydrogens (tertiary/aromatic N) is 2. The van der Waals surface area contributed by atoms with Crippen LogP contribution in [0.2, 0.25) is 0 Å². The summed E-state index contributed by atoms with van der Waals surface area (Å²) in [5.74, 6) is 0. The number of carbonyl (C=O) groups excluding carboxylic acids is 1. The van der Waals surface area contributed by atoms with Crippen molar-refractivity contribution in [3.63, 3.8) is 0 Å². The first-order valence-corrected chi connectivity index (χ1v) is 8.78. The molecule has 0 bridgehead atoms. The maximum Gasteiger partial charge on any atom is 0.323 e. The lowest BCUT2D eigenvalue weighted by molar-refractivity contribution is 0.262. The molecule has 2 heterocycles. The lowest BCUT2D eigenvalue weighted by atomic mass is 10.1. The van der Waals surface area contributed by atoms with Gasteiger partial charge in [-0.15, -0.1) is 0 Å². The number of aryl methyl sites for hydroxylation is 2. The summed E-state index contributed by atoms with van der Waals surface area (Å²) in [6.07, 6.45) is 3.94. The number of amides is 2. The van der Waals surface area contributed by atoms with Crippen LogP contribution in [0.1, 0.15) is 11.1 Å². The predicted molar refractivity (Wildman–Crippen MR) is 109 cm³/mol. The molecule has 0 aliphatic carbocycles. The van der Waals surface area contributed by atoms with E-state index in [0.29, 0.717) is 5.69 Å². The lowest BCUT2D eigenvalue weighted by Gasteiger charge is -2.10. The Morgan fingerprint density at radius 2 is 1.70 bits per heavy atom. The van der Waals surface area contributed by atoms with E-state index in [0.717, 1.165) is 28.2 Å². The summed E-state index contributed by atoms with van der Waals surface area (Å²) in [5, 5.41) is 5.75. The van der Waals surface area contributed by atoms with E-state index in [1.165, 1.54) is 5.56 Å². The van der Waals surface area contributed by atoms with Gasteiger partial charge in [0.1, 0.15) is 5.65 Å². The second-order valence-corrected chi connectivity index (χ2v) is 6.55. The quantitative estimate of drug-likeness (QED) is 0.526. The molecule has 5 heteroatoms. The number of imidazole rings is 1. The smallest absolute Gasteiger partial charge is 0.308 e. The van der Waals surface area contributed by atoms with Crippen LogP contribution >= 0.6 is 0 Å². The average Bonchev–Trinajstić information content (AvgIpc) is 3.09. The normalized spacial score (nSPS) is 10.7. The molecule has 5 nitrogen and oxygen atoms in total. The molecular formula is C22H20N4O. The number of rotatable bonds is 3. The minimum Gasteiger partial charge on any atom is -0.308 e. The summed E-state index contributed by atoms with van der Waals surface area (Å²) in [6.45, 7) is 4.07. The molecule has 0 aliphatic heterocycles. The first kappa shape index (κ1) is 16.8. The Morgan fingerprint density at radius 1 is 0.889 bits per heavy atom. The van der Waals surface area contributed by atoms with Gasteiger partial charge in [0, 0.05) is 29.3 Å². The van der Waals surface area contributed by atoms with Gasteiger partial charge in [-0.3, -0.25) is 0 Å². The Balaban J connectivity index is 1.51. The van der Waals surface area contributed by atoms with Crippen LogP contribution in [-0.4, -0.2) is 15.4 Å². The van der Waals surface area contributed by atoms with E-state index in [1.807, 2.05) is 91.3 Å². The van der Waals surface area contributed by atoms with Gasteiger partial charge < -0.3 is 15.0 Å². The monoisotopic (exact) mass is 356 g/mol. The summed E-state index contributed by atoms with van der Waals surface area (Å²) >= 11 is 0. The summed E-state index contributed by atoms with van der Waals surface area (Å²) in [5.41, 5.74) is 6.51. The van der Waals surface area contributed by atoms with Gasteiger partial charge >= 0.3 is 6.03 Å². The molecule has 2 N–H and O–H groups in total. The number of nitrogens with one attached hydrogen (secondary N) is 2. The molecule has 2 aromatic carbocycles. The van der Waals surface area contributed by atoms with Crippen LogP contribution in [0.15, 0.2) is 73.1 Å². The van der Waals surface area contributed by atoms with Crippen LogP contribution in [0, 0.1) is 13.8 Å². The van der Waals surface area contributed by atoms with Crippen molar-refractivity contribution in [2.75, 3.05) is 10.6 Å². The van der Waals surface area contributed by atoms with E-state index in [1.54, 1.807) is 0 Å². The Morgan fingerprint density at radius 3 is 2.48 bits per heavy atom. The standard InChI is InChI=1S/C22H20N4O/c1-15-9-10-19(12-16(15)2)24-22(27)23-18-7-5-6-17(13-18)20-14-26-11-4-3-8-21(26)25-20/h3-14H,1-2H3,(H2,23,24,27). The molecular weight excluding hydrogens is 336 g/mol. The largest absolute Gasteiger partial charge is 0.323 e. The molecule has 0 spiro atoms. The summed E-state index contributed by atoms with van der Waals surface area (Å²) in [7, 11) is 0. The van der Waals surface area contributed by atoms with Crippen molar-refractivity contribution in [1.29, 1.82) is 0 Å². The third-order valence-corrected chi connectivity index (χ3v) is 4.54. The maximum atomic E-state index is 12.3. The third kappa shape index (κ3) is 3.67. The van der Waals surface area contributed by atoms with Crippen molar-refractivity contribution < 1.29 is 4.79 Å². The number of anilines is 2. The van der Waals surface area contributed by atoms with Gasteiger partial charge in [0.2, 0.25) is 0 Å². The molecule has 0 atom stereocenters. The van der Waals surface area contributed by atoms with Crippen molar-refractivity contribution in [3.8, 4) is 11.3 Å². The fraction of sp³-hybridized carbons (Fsp3) is 0.0909. The SMILES string of the molecule is Cc1ccc(NC(=O)Nc2cccc(-c3cn4ccccc4n3)c2)cc1C. The lowest BCUT2D eigenvalue weighted by Crippen LogP contribution is -2.19. The van der Waals surface area contributed by atoms with Crippen molar-refractivity contribution in [1.82, 2.24) is 9.38 Å². The zero-order chi connectivity index (χ0) is 18.8. The van der Waals surface area contributed by atoms with Crippen molar-refractivity contribution in [2.45, 2.75) is 13.8 Å². The third-order valence-electron chi connectivity index (χ3n) is 4.54. The fourth-order valence-corrected chi connectivity index (χ4v) is 2.94. The number of hydrogen-bond donors (Lipinski definition) is 2. The highest BCUT2D eigenvalue weighted by Crippen LogP contribution is 2.23. The van der Waals surface area contributed by atoms with E-state index >= 15 is 0 Å². The van der Waals surface area contributed by atoms with Crippen LogP contribution in [0.3, 0.4) is 0 Å². The van der Waals surface area contributed by atoms with Gasteiger partial charge in [-0.05, 0) is 61.4 Å². The molecule has 2 amide bonds. The van der Waals surface area contributed by atoms with Crippen molar-refractivity contribution >= 4 is 23.1 Å². The molecule has 27 heavy (non-hydrogen) atoms. The van der Waals surface area contributed by atoms with Crippen molar-refractivity contribution in [3.05, 3.63) is 84.2 Å². The number of benzene rings is 2. The van der Waals surface area contributed by atoms with E-state index in [9.17, 15) is 4.79 Å². The molecule has 0 saturated carbocycles. The summed E-state index contributed by atoms with van der Waals surface area (Å²) in [4.78, 5) is 16.9.